The van der Waals surface area contributed by atoms with Crippen LogP contribution in [0.3, 0.4) is 0 Å². The molecule has 15 heteroatoms. The van der Waals surface area contributed by atoms with Crippen LogP contribution in [0.2, 0.25) is 0 Å². The number of sulfonamides is 1. The molecule has 0 bridgehead atoms. The molecule has 5 atom stereocenters. The number of nitrogens with zero attached hydrogens (tertiary/aromatic N) is 4. The van der Waals surface area contributed by atoms with E-state index in [0.717, 1.165) is 53.0 Å². The van der Waals surface area contributed by atoms with Crippen molar-refractivity contribution < 1.29 is 37.1 Å². The third-order valence-electron chi connectivity index (χ3n) is 14.3. The maximum Gasteiger partial charge on any atom is 0.307 e. The second-order valence-corrected chi connectivity index (χ2v) is 24.0. The zero-order valence-electron chi connectivity index (χ0n) is 38.5. The third kappa shape index (κ3) is 10.00. The molecule has 0 unspecified atom stereocenters. The van der Waals surface area contributed by atoms with Gasteiger partial charge in [-0.05, 0) is 110 Å². The van der Waals surface area contributed by atoms with Crippen molar-refractivity contribution in [1.29, 1.82) is 0 Å². The molecule has 3 aliphatic carbocycles. The van der Waals surface area contributed by atoms with Crippen LogP contribution in [0, 0.1) is 23.2 Å². The molecular weight excluding hydrogens is 851 g/mol. The molecule has 2 aromatic heterocycles. The molecule has 348 valence electrons. The molecule has 2 amide bonds. The van der Waals surface area contributed by atoms with E-state index < -0.39 is 55.7 Å². The average molecular weight is 918 g/mol. The fourth-order valence-corrected chi connectivity index (χ4v) is 12.4. The van der Waals surface area contributed by atoms with E-state index >= 15 is 0 Å². The van der Waals surface area contributed by atoms with Gasteiger partial charge in [0.2, 0.25) is 21.8 Å². The van der Waals surface area contributed by atoms with Crippen LogP contribution in [-0.4, -0.2) is 80.5 Å². The summed E-state index contributed by atoms with van der Waals surface area (Å²) in [5, 5.41) is 3.07. The molecule has 3 aromatic rings. The molecule has 5 aliphatic rings. The molecular formula is C49H67N5O8S2. The summed E-state index contributed by atoms with van der Waals surface area (Å²) < 4.78 is 42.6. The number of Topliss-reactive ketones (excluding diaryl/α,β-unsaturated/α-hetero) is 1. The van der Waals surface area contributed by atoms with E-state index in [2.05, 4.69) is 23.9 Å². The summed E-state index contributed by atoms with van der Waals surface area (Å²) >= 11 is 1.63. The van der Waals surface area contributed by atoms with Crippen molar-refractivity contribution in [3.8, 4) is 16.6 Å². The van der Waals surface area contributed by atoms with Crippen LogP contribution in [0.5, 0.6) is 6.01 Å². The standard InChI is InChI=1S/C49H67N5O8S2/c1-31(2)54-38-21-15-20-37(43-50-35(30-63-43)24-32-16-11-10-12-17-32)42(38)51-46(54)61-36-26-39-40(55)28-49(45(58)52-64(59,60)48(6)22-23-48)27-34(49)19-14-9-7-8-13-18-33(44(57)53(39)29-36)25-41(56)62-47(3,4)5/h14-15,19-21,30-34,36,39H,7-13,16-18,22-29H2,1-6H3,(H,52,58)/b19-14-/t33-,34-,36-,39+,49-/m1/s1. The second kappa shape index (κ2) is 18.3. The van der Waals surface area contributed by atoms with Gasteiger partial charge in [0.25, 0.3) is 6.01 Å². The smallest absolute Gasteiger partial charge is 0.307 e. The number of hydrogen-bond acceptors (Lipinski definition) is 11. The van der Waals surface area contributed by atoms with Crippen LogP contribution in [0.25, 0.3) is 21.6 Å². The first kappa shape index (κ1) is 46.4. The maximum atomic E-state index is 14.9. The molecule has 8 rings (SSSR count). The molecule has 1 saturated heterocycles. The number of amides is 2. The predicted molar refractivity (Wildman–Crippen MR) is 247 cm³/mol. The largest absolute Gasteiger partial charge is 0.460 e. The van der Waals surface area contributed by atoms with Crippen LogP contribution < -0.4 is 9.46 Å². The Morgan fingerprint density at radius 1 is 1.02 bits per heavy atom. The number of aromatic nitrogens is 3. The molecule has 4 fully saturated rings. The van der Waals surface area contributed by atoms with Gasteiger partial charge in [0.1, 0.15) is 22.2 Å². The Morgan fingerprint density at radius 2 is 1.75 bits per heavy atom. The summed E-state index contributed by atoms with van der Waals surface area (Å²) in [6.45, 7) is 11.2. The summed E-state index contributed by atoms with van der Waals surface area (Å²) in [5.74, 6) is -2.19. The molecule has 0 radical (unpaired) electrons. The Kier molecular flexibility index (Phi) is 13.3. The number of carbonyl (C=O) groups excluding carboxylic acids is 4. The summed E-state index contributed by atoms with van der Waals surface area (Å²) in [4.78, 5) is 68.9. The van der Waals surface area contributed by atoms with Gasteiger partial charge < -0.3 is 14.4 Å². The lowest BCUT2D eigenvalue weighted by Crippen LogP contribution is -2.47. The zero-order chi connectivity index (χ0) is 45.6. The average Bonchev–Trinajstić information content (AvgIpc) is 3.92. The first-order chi connectivity index (χ1) is 30.4. The lowest BCUT2D eigenvalue weighted by Gasteiger charge is -2.29. The van der Waals surface area contributed by atoms with Gasteiger partial charge >= 0.3 is 5.97 Å². The molecule has 3 saturated carbocycles. The van der Waals surface area contributed by atoms with E-state index in [-0.39, 0.29) is 49.5 Å². The Labute approximate surface area is 382 Å². The Morgan fingerprint density at radius 3 is 2.47 bits per heavy atom. The fourth-order valence-electron chi connectivity index (χ4n) is 10.2. The highest BCUT2D eigenvalue weighted by Gasteiger charge is 2.62. The van der Waals surface area contributed by atoms with Crippen LogP contribution in [-0.2, 0) is 40.4 Å². The van der Waals surface area contributed by atoms with E-state index in [4.69, 9.17) is 19.4 Å². The zero-order valence-corrected chi connectivity index (χ0v) is 40.2. The first-order valence-corrected chi connectivity index (χ1v) is 26.1. The molecule has 13 nitrogen and oxygen atoms in total. The van der Waals surface area contributed by atoms with E-state index in [9.17, 15) is 27.6 Å². The van der Waals surface area contributed by atoms with Crippen molar-refractivity contribution in [1.82, 2.24) is 24.2 Å². The van der Waals surface area contributed by atoms with Gasteiger partial charge in [-0.2, -0.15) is 4.98 Å². The molecule has 0 spiro atoms. The minimum atomic E-state index is -3.96. The van der Waals surface area contributed by atoms with Crippen molar-refractivity contribution in [2.75, 3.05) is 6.54 Å². The van der Waals surface area contributed by atoms with E-state index in [0.29, 0.717) is 44.0 Å². The number of ketones is 1. The van der Waals surface area contributed by atoms with Crippen molar-refractivity contribution in [2.24, 2.45) is 23.2 Å². The minimum absolute atomic E-state index is 0.0471. The number of fused-ring (bicyclic) bond motifs is 3. The third-order valence-corrected chi connectivity index (χ3v) is 17.4. The van der Waals surface area contributed by atoms with E-state index in [1.807, 2.05) is 34.9 Å². The number of rotatable bonds is 11. The topological polar surface area (TPSA) is 167 Å². The summed E-state index contributed by atoms with van der Waals surface area (Å²) in [6.07, 6.45) is 15.3. The number of ether oxygens (including phenoxy) is 2. The second-order valence-electron chi connectivity index (χ2n) is 20.9. The first-order valence-electron chi connectivity index (χ1n) is 23.8. The fraction of sp³-hybridized carbons (Fsp3) is 0.673. The van der Waals surface area contributed by atoms with Crippen LogP contribution in [0.15, 0.2) is 35.7 Å². The maximum absolute atomic E-state index is 14.9. The number of thiazole rings is 1. The number of para-hydroxylation sites is 1. The molecule has 1 aromatic carbocycles. The summed E-state index contributed by atoms with van der Waals surface area (Å²) in [6, 6.07) is 5.44. The highest BCUT2D eigenvalue weighted by atomic mass is 32.2. The highest BCUT2D eigenvalue weighted by Crippen LogP contribution is 2.58. The number of esters is 1. The quantitative estimate of drug-likeness (QED) is 0.145. The van der Waals surface area contributed by atoms with Gasteiger partial charge in [-0.3, -0.25) is 28.5 Å². The number of carbonyl (C=O) groups is 4. The number of imidazole rings is 1. The number of hydrogen-bond donors (Lipinski definition) is 1. The molecule has 64 heavy (non-hydrogen) atoms. The molecule has 4 heterocycles. The van der Waals surface area contributed by atoms with E-state index in [1.165, 1.54) is 32.1 Å². The minimum Gasteiger partial charge on any atom is -0.460 e. The highest BCUT2D eigenvalue weighted by molar-refractivity contribution is 7.91. The number of nitrogens with one attached hydrogen (secondary N) is 1. The predicted octanol–water partition coefficient (Wildman–Crippen LogP) is 9.04. The van der Waals surface area contributed by atoms with Gasteiger partial charge in [-0.25, -0.2) is 13.4 Å². The summed E-state index contributed by atoms with van der Waals surface area (Å²) in [7, 11) is -3.96. The Hall–Kier alpha value is -4.11. The van der Waals surface area contributed by atoms with Gasteiger partial charge in [0, 0.05) is 35.7 Å². The van der Waals surface area contributed by atoms with Crippen molar-refractivity contribution in [2.45, 2.75) is 179 Å². The van der Waals surface area contributed by atoms with Crippen molar-refractivity contribution >= 4 is 56.0 Å². The Balaban J connectivity index is 1.10. The van der Waals surface area contributed by atoms with Crippen LogP contribution in [0.4, 0.5) is 0 Å². The monoisotopic (exact) mass is 917 g/mol. The number of allylic oxidation sites excluding steroid dienone is 2. The van der Waals surface area contributed by atoms with Crippen LogP contribution >= 0.6 is 11.3 Å². The molecule has 2 aliphatic heterocycles. The van der Waals surface area contributed by atoms with Gasteiger partial charge in [0.05, 0.1) is 40.4 Å². The Bertz CT molecular complexity index is 2390. The lowest BCUT2D eigenvalue weighted by atomic mass is 9.86. The summed E-state index contributed by atoms with van der Waals surface area (Å²) in [5.41, 5.74) is 1.69. The number of benzene rings is 1. The van der Waals surface area contributed by atoms with Gasteiger partial charge in [-0.15, -0.1) is 11.3 Å². The van der Waals surface area contributed by atoms with E-state index in [1.54, 1.807) is 43.9 Å². The van der Waals surface area contributed by atoms with Crippen molar-refractivity contribution in [3.63, 3.8) is 0 Å². The van der Waals surface area contributed by atoms with Gasteiger partial charge in [0.15, 0.2) is 5.78 Å². The lowest BCUT2D eigenvalue weighted by molar-refractivity contribution is -0.159. The van der Waals surface area contributed by atoms with Crippen LogP contribution in [0.1, 0.15) is 156 Å². The molecule has 1 N–H and O–H groups in total. The SMILES string of the molecule is CC(C)n1c(O[C@@H]2C[C@H]3C(=O)C[C@]4(C(=O)NS(=O)(=O)C5(C)CC5)C[C@H]4/C=C\CCCCC[C@H](CC(=O)OC(C)(C)C)C(=O)N3C2)nc2c(-c3nc(CC4CCCCC4)cs3)cccc21. The van der Waals surface area contributed by atoms with Crippen molar-refractivity contribution in [3.05, 3.63) is 41.4 Å². The normalized spacial score (nSPS) is 27.3. The van der Waals surface area contributed by atoms with Gasteiger partial charge in [-0.1, -0.05) is 63.2 Å².